The van der Waals surface area contributed by atoms with Gasteiger partial charge in [0, 0.05) is 16.5 Å². The number of aromatic nitrogens is 3. The molecule has 0 bridgehead atoms. The van der Waals surface area contributed by atoms with E-state index in [4.69, 9.17) is 15.0 Å². The number of hydrogen-bond donors (Lipinski definition) is 0. The quantitative estimate of drug-likeness (QED) is 0.247. The summed E-state index contributed by atoms with van der Waals surface area (Å²) in [6, 6.07) is 42.3. The van der Waals surface area contributed by atoms with E-state index >= 15 is 0 Å². The SMILES string of the molecule is CC(C)(C)c1nc(-c2ccccc2)nc(-c2cccc(-c3cccc4cccc(-c5ccccc5)c34)c2)n1. The van der Waals surface area contributed by atoms with Gasteiger partial charge in [-0.15, -0.1) is 0 Å². The topological polar surface area (TPSA) is 38.7 Å². The number of benzene rings is 5. The van der Waals surface area contributed by atoms with Crippen molar-refractivity contribution in [3.8, 4) is 45.0 Å². The van der Waals surface area contributed by atoms with E-state index in [1.807, 2.05) is 30.3 Å². The maximum atomic E-state index is 4.94. The van der Waals surface area contributed by atoms with Crippen molar-refractivity contribution in [2.45, 2.75) is 26.2 Å². The Balaban J connectivity index is 1.53. The van der Waals surface area contributed by atoms with E-state index in [0.717, 1.165) is 22.5 Å². The van der Waals surface area contributed by atoms with Crippen LogP contribution in [0.5, 0.6) is 0 Å². The van der Waals surface area contributed by atoms with Gasteiger partial charge in [-0.25, -0.2) is 15.0 Å². The monoisotopic (exact) mass is 491 g/mol. The van der Waals surface area contributed by atoms with E-state index in [1.165, 1.54) is 27.5 Å². The molecule has 6 rings (SSSR count). The van der Waals surface area contributed by atoms with Crippen molar-refractivity contribution in [1.82, 2.24) is 15.0 Å². The van der Waals surface area contributed by atoms with E-state index in [0.29, 0.717) is 11.6 Å². The Morgan fingerprint density at radius 3 is 1.58 bits per heavy atom. The Bertz CT molecular complexity index is 1730. The standard InChI is InChI=1S/C35H29N3/c1-35(2,3)34-37-32(26-15-8-5-9-16-26)36-33(38-34)28-20-10-19-27(23-28)30-22-12-18-25-17-11-21-29(31(25)30)24-13-6-4-7-14-24/h4-23H,1-3H3. The van der Waals surface area contributed by atoms with Gasteiger partial charge in [0.15, 0.2) is 11.6 Å². The molecule has 184 valence electrons. The second-order valence-electron chi connectivity index (χ2n) is 10.6. The molecule has 0 N–H and O–H groups in total. The van der Waals surface area contributed by atoms with Crippen LogP contribution in [-0.4, -0.2) is 15.0 Å². The molecule has 3 nitrogen and oxygen atoms in total. The minimum atomic E-state index is -0.209. The van der Waals surface area contributed by atoms with Gasteiger partial charge in [0.25, 0.3) is 0 Å². The molecule has 0 aliphatic heterocycles. The number of nitrogens with zero attached hydrogens (tertiary/aromatic N) is 3. The van der Waals surface area contributed by atoms with Crippen LogP contribution >= 0.6 is 0 Å². The Morgan fingerprint density at radius 1 is 0.447 bits per heavy atom. The lowest BCUT2D eigenvalue weighted by Crippen LogP contribution is -2.18. The molecule has 0 radical (unpaired) electrons. The van der Waals surface area contributed by atoms with Gasteiger partial charge in [-0.1, -0.05) is 136 Å². The second-order valence-corrected chi connectivity index (χ2v) is 10.6. The van der Waals surface area contributed by atoms with Crippen molar-refractivity contribution in [3.05, 3.63) is 127 Å². The van der Waals surface area contributed by atoms with Gasteiger partial charge in [-0.2, -0.15) is 0 Å². The molecule has 0 aliphatic carbocycles. The summed E-state index contributed by atoms with van der Waals surface area (Å²) < 4.78 is 0. The van der Waals surface area contributed by atoms with Gasteiger partial charge >= 0.3 is 0 Å². The van der Waals surface area contributed by atoms with Gasteiger partial charge < -0.3 is 0 Å². The van der Waals surface area contributed by atoms with Gasteiger partial charge in [0.1, 0.15) is 5.82 Å². The van der Waals surface area contributed by atoms with Crippen LogP contribution in [0.2, 0.25) is 0 Å². The van der Waals surface area contributed by atoms with Crippen molar-refractivity contribution in [1.29, 1.82) is 0 Å². The lowest BCUT2D eigenvalue weighted by atomic mass is 9.91. The molecule has 38 heavy (non-hydrogen) atoms. The Labute approximate surface area is 223 Å². The van der Waals surface area contributed by atoms with Gasteiger partial charge in [0.2, 0.25) is 0 Å². The van der Waals surface area contributed by atoms with Crippen LogP contribution in [0.1, 0.15) is 26.6 Å². The fourth-order valence-electron chi connectivity index (χ4n) is 4.82. The molecule has 6 aromatic rings. The van der Waals surface area contributed by atoms with E-state index in [9.17, 15) is 0 Å². The van der Waals surface area contributed by atoms with Crippen molar-refractivity contribution < 1.29 is 0 Å². The molecule has 0 atom stereocenters. The Morgan fingerprint density at radius 2 is 0.947 bits per heavy atom. The molecule has 5 aromatic carbocycles. The maximum Gasteiger partial charge on any atom is 0.163 e. The zero-order valence-electron chi connectivity index (χ0n) is 21.9. The van der Waals surface area contributed by atoms with Gasteiger partial charge in [-0.3, -0.25) is 0 Å². The first kappa shape index (κ1) is 23.7. The molecule has 1 heterocycles. The minimum Gasteiger partial charge on any atom is -0.212 e. The summed E-state index contributed by atoms with van der Waals surface area (Å²) in [5.74, 6) is 2.17. The number of fused-ring (bicyclic) bond motifs is 1. The highest BCUT2D eigenvalue weighted by atomic mass is 15.0. The molecule has 3 heteroatoms. The number of hydrogen-bond acceptors (Lipinski definition) is 3. The van der Waals surface area contributed by atoms with Crippen LogP contribution in [0.15, 0.2) is 121 Å². The average Bonchev–Trinajstić information content (AvgIpc) is 2.97. The molecular formula is C35H29N3. The zero-order chi connectivity index (χ0) is 26.1. The van der Waals surface area contributed by atoms with Gasteiger partial charge in [-0.05, 0) is 39.1 Å². The normalized spacial score (nSPS) is 11.6. The van der Waals surface area contributed by atoms with Crippen molar-refractivity contribution in [3.63, 3.8) is 0 Å². The molecule has 0 saturated heterocycles. The fourth-order valence-corrected chi connectivity index (χ4v) is 4.82. The first-order valence-electron chi connectivity index (χ1n) is 13.0. The summed E-state index contributed by atoms with van der Waals surface area (Å²) in [5.41, 5.74) is 6.51. The van der Waals surface area contributed by atoms with Crippen molar-refractivity contribution >= 4 is 10.8 Å². The third-order valence-electron chi connectivity index (χ3n) is 6.76. The summed E-state index contributed by atoms with van der Waals surface area (Å²) in [4.78, 5) is 14.7. The van der Waals surface area contributed by atoms with Crippen LogP contribution in [-0.2, 0) is 5.41 Å². The van der Waals surface area contributed by atoms with Crippen LogP contribution < -0.4 is 0 Å². The lowest BCUT2D eigenvalue weighted by Gasteiger charge is -2.18. The van der Waals surface area contributed by atoms with Crippen LogP contribution in [0.3, 0.4) is 0 Å². The van der Waals surface area contributed by atoms with Crippen LogP contribution in [0, 0.1) is 0 Å². The predicted molar refractivity (Wildman–Crippen MR) is 158 cm³/mol. The highest BCUT2D eigenvalue weighted by Crippen LogP contribution is 2.37. The van der Waals surface area contributed by atoms with E-state index in [2.05, 4.69) is 112 Å². The molecule has 0 saturated carbocycles. The van der Waals surface area contributed by atoms with Crippen molar-refractivity contribution in [2.24, 2.45) is 0 Å². The highest BCUT2D eigenvalue weighted by molar-refractivity contribution is 6.06. The maximum absolute atomic E-state index is 4.94. The molecular weight excluding hydrogens is 462 g/mol. The number of rotatable bonds is 4. The first-order valence-corrected chi connectivity index (χ1v) is 13.0. The van der Waals surface area contributed by atoms with Crippen LogP contribution in [0.25, 0.3) is 55.8 Å². The zero-order valence-corrected chi connectivity index (χ0v) is 21.9. The second kappa shape index (κ2) is 9.68. The molecule has 0 spiro atoms. The third-order valence-corrected chi connectivity index (χ3v) is 6.76. The summed E-state index contributed by atoms with van der Waals surface area (Å²) >= 11 is 0. The largest absolute Gasteiger partial charge is 0.212 e. The van der Waals surface area contributed by atoms with Crippen molar-refractivity contribution in [2.75, 3.05) is 0 Å². The van der Waals surface area contributed by atoms with Crippen LogP contribution in [0.4, 0.5) is 0 Å². The molecule has 1 aromatic heterocycles. The van der Waals surface area contributed by atoms with Gasteiger partial charge in [0.05, 0.1) is 0 Å². The summed E-state index contributed by atoms with van der Waals surface area (Å²) in [6.45, 7) is 6.41. The fraction of sp³-hybridized carbons (Fsp3) is 0.114. The molecule has 0 unspecified atom stereocenters. The molecule has 0 fully saturated rings. The molecule has 0 amide bonds. The highest BCUT2D eigenvalue weighted by Gasteiger charge is 2.21. The Kier molecular flexibility index (Phi) is 6.05. The predicted octanol–water partition coefficient (Wildman–Crippen LogP) is 8.99. The Hall–Kier alpha value is -4.63. The van der Waals surface area contributed by atoms with E-state index in [1.54, 1.807) is 0 Å². The third kappa shape index (κ3) is 4.59. The summed E-state index contributed by atoms with van der Waals surface area (Å²) in [5, 5.41) is 2.46. The average molecular weight is 492 g/mol. The van der Waals surface area contributed by atoms with E-state index < -0.39 is 0 Å². The smallest absolute Gasteiger partial charge is 0.163 e. The van der Waals surface area contributed by atoms with E-state index in [-0.39, 0.29) is 5.41 Å². The minimum absolute atomic E-state index is 0.209. The summed E-state index contributed by atoms with van der Waals surface area (Å²) in [7, 11) is 0. The summed E-state index contributed by atoms with van der Waals surface area (Å²) in [6.07, 6.45) is 0. The molecule has 0 aliphatic rings. The lowest BCUT2D eigenvalue weighted by molar-refractivity contribution is 0.543. The first-order chi connectivity index (χ1) is 18.5.